The summed E-state index contributed by atoms with van der Waals surface area (Å²) in [7, 11) is 0. The van der Waals surface area contributed by atoms with Gasteiger partial charge in [-0.15, -0.1) is 0 Å². The number of ether oxygens (including phenoxy) is 1. The SMILES string of the molecule is CC1=C(C(=O)OC2CCCCC2)[C@H](c2cccc(Cl)c2Cl)C2=C(C[C@H](c3ccccc3)CC2=O)N1. The fourth-order valence-corrected chi connectivity index (χ4v) is 6.14. The van der Waals surface area contributed by atoms with E-state index >= 15 is 0 Å². The van der Waals surface area contributed by atoms with E-state index in [2.05, 4.69) is 17.4 Å². The van der Waals surface area contributed by atoms with Gasteiger partial charge in [0.25, 0.3) is 0 Å². The monoisotopic (exact) mass is 509 g/mol. The largest absolute Gasteiger partial charge is 0.459 e. The van der Waals surface area contributed by atoms with E-state index in [0.29, 0.717) is 45.3 Å². The number of rotatable bonds is 4. The second-order valence-electron chi connectivity index (χ2n) is 9.74. The van der Waals surface area contributed by atoms with Crippen LogP contribution in [0.1, 0.15) is 74.8 Å². The van der Waals surface area contributed by atoms with Crippen molar-refractivity contribution in [2.24, 2.45) is 0 Å². The highest BCUT2D eigenvalue weighted by Gasteiger charge is 2.42. The summed E-state index contributed by atoms with van der Waals surface area (Å²) in [4.78, 5) is 27.3. The Balaban J connectivity index is 1.56. The van der Waals surface area contributed by atoms with Gasteiger partial charge in [0.2, 0.25) is 0 Å². The number of allylic oxidation sites excluding steroid dienone is 3. The van der Waals surface area contributed by atoms with Crippen LogP contribution in [0.15, 0.2) is 71.1 Å². The molecule has 2 aliphatic carbocycles. The Hall–Kier alpha value is -2.56. The molecule has 182 valence electrons. The van der Waals surface area contributed by atoms with Gasteiger partial charge in [-0.1, -0.05) is 72.1 Å². The van der Waals surface area contributed by atoms with E-state index in [1.54, 1.807) is 6.07 Å². The molecule has 0 spiro atoms. The van der Waals surface area contributed by atoms with Gasteiger partial charge in [-0.3, -0.25) is 4.79 Å². The molecule has 0 amide bonds. The van der Waals surface area contributed by atoms with Crippen LogP contribution in [-0.4, -0.2) is 17.9 Å². The third-order valence-corrected chi connectivity index (χ3v) is 8.27. The predicted molar refractivity (Wildman–Crippen MR) is 138 cm³/mol. The van der Waals surface area contributed by atoms with E-state index in [4.69, 9.17) is 27.9 Å². The minimum atomic E-state index is -0.613. The lowest BCUT2D eigenvalue weighted by Crippen LogP contribution is -2.37. The summed E-state index contributed by atoms with van der Waals surface area (Å²) in [5.41, 5.74) is 4.40. The second kappa shape index (κ2) is 10.2. The first-order chi connectivity index (χ1) is 16.9. The summed E-state index contributed by atoms with van der Waals surface area (Å²) in [6.45, 7) is 1.88. The van der Waals surface area contributed by atoms with Crippen molar-refractivity contribution in [1.82, 2.24) is 5.32 Å². The van der Waals surface area contributed by atoms with Crippen molar-refractivity contribution in [3.05, 3.63) is 92.2 Å². The molecular formula is C29H29Cl2NO3. The molecule has 0 bridgehead atoms. The molecule has 1 N–H and O–H groups in total. The Kier molecular flexibility index (Phi) is 7.04. The van der Waals surface area contributed by atoms with Crippen LogP contribution in [-0.2, 0) is 14.3 Å². The molecule has 0 radical (unpaired) electrons. The number of hydrogen-bond donors (Lipinski definition) is 1. The first kappa shape index (κ1) is 24.1. The van der Waals surface area contributed by atoms with E-state index in [1.807, 2.05) is 37.3 Å². The molecular weight excluding hydrogens is 481 g/mol. The second-order valence-corrected chi connectivity index (χ2v) is 10.5. The first-order valence-electron chi connectivity index (χ1n) is 12.4. The van der Waals surface area contributed by atoms with Crippen LogP contribution in [0.25, 0.3) is 0 Å². The topological polar surface area (TPSA) is 55.4 Å². The zero-order valence-electron chi connectivity index (χ0n) is 19.8. The molecule has 6 heteroatoms. The molecule has 4 nitrogen and oxygen atoms in total. The van der Waals surface area contributed by atoms with Crippen molar-refractivity contribution in [1.29, 1.82) is 0 Å². The Morgan fingerprint density at radius 2 is 1.71 bits per heavy atom. The van der Waals surface area contributed by atoms with Gasteiger partial charge < -0.3 is 10.1 Å². The quantitative estimate of drug-likeness (QED) is 0.441. The van der Waals surface area contributed by atoms with Crippen molar-refractivity contribution in [3.8, 4) is 0 Å². The van der Waals surface area contributed by atoms with E-state index in [1.165, 1.54) is 6.42 Å². The van der Waals surface area contributed by atoms with Crippen molar-refractivity contribution in [2.45, 2.75) is 69.8 Å². The van der Waals surface area contributed by atoms with Crippen molar-refractivity contribution in [2.75, 3.05) is 0 Å². The number of hydrogen-bond acceptors (Lipinski definition) is 4. The zero-order chi connectivity index (χ0) is 24.5. The Labute approximate surface area is 216 Å². The summed E-state index contributed by atoms with van der Waals surface area (Å²) < 4.78 is 5.98. The molecule has 3 aliphatic rings. The average molecular weight is 510 g/mol. The molecule has 2 aromatic carbocycles. The number of esters is 1. The van der Waals surface area contributed by atoms with Gasteiger partial charge in [0, 0.05) is 29.3 Å². The molecule has 1 fully saturated rings. The maximum Gasteiger partial charge on any atom is 0.337 e. The maximum absolute atomic E-state index is 13.7. The van der Waals surface area contributed by atoms with Gasteiger partial charge in [-0.2, -0.15) is 0 Å². The van der Waals surface area contributed by atoms with E-state index in [9.17, 15) is 9.59 Å². The van der Waals surface area contributed by atoms with Crippen molar-refractivity contribution in [3.63, 3.8) is 0 Å². The summed E-state index contributed by atoms with van der Waals surface area (Å²) in [6, 6.07) is 15.5. The van der Waals surface area contributed by atoms with Crippen LogP contribution >= 0.6 is 23.2 Å². The fraction of sp³-hybridized carbons (Fsp3) is 0.379. The molecule has 35 heavy (non-hydrogen) atoms. The number of nitrogens with one attached hydrogen (secondary N) is 1. The predicted octanol–water partition coefficient (Wildman–Crippen LogP) is 7.23. The zero-order valence-corrected chi connectivity index (χ0v) is 21.3. The fourth-order valence-electron chi connectivity index (χ4n) is 5.72. The Morgan fingerprint density at radius 1 is 0.971 bits per heavy atom. The van der Waals surface area contributed by atoms with Crippen LogP contribution in [0, 0.1) is 0 Å². The van der Waals surface area contributed by atoms with Crippen molar-refractivity contribution < 1.29 is 14.3 Å². The lowest BCUT2D eigenvalue weighted by Gasteiger charge is -2.37. The smallest absolute Gasteiger partial charge is 0.337 e. The number of benzene rings is 2. The summed E-state index contributed by atoms with van der Waals surface area (Å²) in [6.07, 6.45) is 6.02. The lowest BCUT2D eigenvalue weighted by atomic mass is 9.71. The van der Waals surface area contributed by atoms with Crippen LogP contribution in [0.2, 0.25) is 10.0 Å². The standard InChI is InChI=1S/C29H29Cl2NO3/c1-17-25(29(34)35-20-11-6-3-7-12-20)26(21-13-8-14-22(30)28(21)31)27-23(32-17)15-19(16-24(27)33)18-9-4-2-5-10-18/h2,4-5,8-10,13-14,19-20,26,32H,3,6-7,11-12,15-16H2,1H3/t19-,26-/m0/s1. The van der Waals surface area contributed by atoms with Gasteiger partial charge in [-0.05, 0) is 62.1 Å². The molecule has 1 saturated carbocycles. The lowest BCUT2D eigenvalue weighted by molar-refractivity contribution is -0.146. The maximum atomic E-state index is 13.7. The van der Waals surface area contributed by atoms with Crippen LogP contribution in [0.5, 0.6) is 0 Å². The summed E-state index contributed by atoms with van der Waals surface area (Å²) in [5.74, 6) is -0.900. The van der Waals surface area contributed by atoms with Gasteiger partial charge in [-0.25, -0.2) is 4.79 Å². The molecule has 0 unspecified atom stereocenters. The summed E-state index contributed by atoms with van der Waals surface area (Å²) in [5, 5.41) is 4.17. The average Bonchev–Trinajstić information content (AvgIpc) is 2.86. The highest BCUT2D eigenvalue weighted by atomic mass is 35.5. The molecule has 0 saturated heterocycles. The van der Waals surface area contributed by atoms with Gasteiger partial charge in [0.05, 0.1) is 15.6 Å². The minimum absolute atomic E-state index is 0.0177. The van der Waals surface area contributed by atoms with Crippen molar-refractivity contribution >= 4 is 35.0 Å². The molecule has 1 aliphatic heterocycles. The number of halogens is 2. The highest BCUT2D eigenvalue weighted by Crippen LogP contribution is 2.48. The third-order valence-electron chi connectivity index (χ3n) is 7.44. The third kappa shape index (κ3) is 4.79. The van der Waals surface area contributed by atoms with E-state index in [0.717, 1.165) is 36.9 Å². The molecule has 1 heterocycles. The highest BCUT2D eigenvalue weighted by molar-refractivity contribution is 6.42. The number of dihydropyridines is 1. The summed E-state index contributed by atoms with van der Waals surface area (Å²) >= 11 is 13.1. The number of ketones is 1. The van der Waals surface area contributed by atoms with Gasteiger partial charge in [0.15, 0.2) is 5.78 Å². The van der Waals surface area contributed by atoms with Gasteiger partial charge >= 0.3 is 5.97 Å². The number of Topliss-reactive ketones (excluding diaryl/α,β-unsaturated/α-hetero) is 1. The molecule has 5 rings (SSSR count). The van der Waals surface area contributed by atoms with E-state index < -0.39 is 5.92 Å². The van der Waals surface area contributed by atoms with Crippen LogP contribution in [0.3, 0.4) is 0 Å². The van der Waals surface area contributed by atoms with E-state index in [-0.39, 0.29) is 23.8 Å². The number of carbonyl (C=O) groups is 2. The number of carbonyl (C=O) groups excluding carboxylic acids is 2. The molecule has 2 atom stereocenters. The molecule has 2 aromatic rings. The first-order valence-corrected chi connectivity index (χ1v) is 13.1. The van der Waals surface area contributed by atoms with Gasteiger partial charge in [0.1, 0.15) is 6.10 Å². The molecule has 0 aromatic heterocycles. The Morgan fingerprint density at radius 3 is 2.46 bits per heavy atom. The van der Waals surface area contributed by atoms with Crippen LogP contribution < -0.4 is 5.32 Å². The van der Waals surface area contributed by atoms with Crippen LogP contribution in [0.4, 0.5) is 0 Å². The Bertz CT molecular complexity index is 1210. The normalized spacial score (nSPS) is 23.1. The minimum Gasteiger partial charge on any atom is -0.459 e.